The molecule has 1 aliphatic heterocycles. The molecule has 0 bridgehead atoms. The number of aryl methyl sites for hydroxylation is 2. The van der Waals surface area contributed by atoms with Crippen LogP contribution in [0.15, 0.2) is 59.5 Å². The van der Waals surface area contributed by atoms with Crippen LogP contribution >= 0.6 is 0 Å². The number of piperidine rings is 1. The molecule has 6 heteroatoms. The van der Waals surface area contributed by atoms with E-state index in [2.05, 4.69) is 29.0 Å². The number of sulfonamides is 1. The van der Waals surface area contributed by atoms with Crippen molar-refractivity contribution in [1.29, 1.82) is 0 Å². The van der Waals surface area contributed by atoms with Gasteiger partial charge in [0.05, 0.1) is 4.90 Å². The number of nitrogens with zero attached hydrogens (tertiary/aromatic N) is 1. The Morgan fingerprint density at radius 3 is 2.30 bits per heavy atom. The number of nitrogens with one attached hydrogen (secondary N) is 1. The van der Waals surface area contributed by atoms with Crippen LogP contribution in [0.25, 0.3) is 0 Å². The highest BCUT2D eigenvalue weighted by Gasteiger charge is 2.26. The summed E-state index contributed by atoms with van der Waals surface area (Å²) in [5, 5.41) is 0. The lowest BCUT2D eigenvalue weighted by Gasteiger charge is -2.32. The first kappa shape index (κ1) is 19.6. The summed E-state index contributed by atoms with van der Waals surface area (Å²) < 4.78 is 27.6. The van der Waals surface area contributed by atoms with Gasteiger partial charge in [-0.15, -0.1) is 0 Å². The Labute approximate surface area is 161 Å². The summed E-state index contributed by atoms with van der Waals surface area (Å²) in [6.45, 7) is 3.23. The van der Waals surface area contributed by atoms with Crippen LogP contribution < -0.4 is 4.72 Å². The quantitative estimate of drug-likeness (QED) is 0.830. The maximum absolute atomic E-state index is 12.4. The second kappa shape index (κ2) is 8.67. The third kappa shape index (κ3) is 5.40. The first-order chi connectivity index (χ1) is 12.9. The van der Waals surface area contributed by atoms with Gasteiger partial charge in [-0.3, -0.25) is 4.79 Å². The lowest BCUT2D eigenvalue weighted by atomic mass is 10.0. The number of hydrogen-bond donors (Lipinski definition) is 1. The van der Waals surface area contributed by atoms with Crippen LogP contribution in [0.2, 0.25) is 0 Å². The molecule has 0 unspecified atom stereocenters. The van der Waals surface area contributed by atoms with Crippen molar-refractivity contribution in [3.63, 3.8) is 0 Å². The maximum atomic E-state index is 12.4. The van der Waals surface area contributed by atoms with E-state index in [0.717, 1.165) is 6.42 Å². The zero-order valence-corrected chi connectivity index (χ0v) is 16.4. The molecule has 2 aromatic rings. The molecule has 1 N–H and O–H groups in total. The Morgan fingerprint density at radius 1 is 1.04 bits per heavy atom. The van der Waals surface area contributed by atoms with Crippen molar-refractivity contribution in [2.75, 3.05) is 13.1 Å². The molecule has 144 valence electrons. The second-order valence-corrected chi connectivity index (χ2v) is 8.79. The summed E-state index contributed by atoms with van der Waals surface area (Å²) in [5.74, 6) is 0.139. The van der Waals surface area contributed by atoms with E-state index in [1.807, 2.05) is 11.8 Å². The van der Waals surface area contributed by atoms with E-state index >= 15 is 0 Å². The summed E-state index contributed by atoms with van der Waals surface area (Å²) in [6.07, 6.45) is 2.51. The average Bonchev–Trinajstić information content (AvgIpc) is 2.68. The van der Waals surface area contributed by atoms with Gasteiger partial charge in [0.15, 0.2) is 0 Å². The highest BCUT2D eigenvalue weighted by atomic mass is 32.2. The number of benzene rings is 2. The van der Waals surface area contributed by atoms with E-state index in [1.165, 1.54) is 11.1 Å². The molecule has 0 saturated carbocycles. The van der Waals surface area contributed by atoms with Crippen LogP contribution in [0.1, 0.15) is 30.4 Å². The van der Waals surface area contributed by atoms with Crippen molar-refractivity contribution >= 4 is 15.9 Å². The molecule has 0 spiro atoms. The van der Waals surface area contributed by atoms with Gasteiger partial charge >= 0.3 is 0 Å². The minimum Gasteiger partial charge on any atom is -0.343 e. The van der Waals surface area contributed by atoms with E-state index < -0.39 is 10.0 Å². The molecule has 1 saturated heterocycles. The minimum atomic E-state index is -3.50. The molecular weight excluding hydrogens is 360 g/mol. The lowest BCUT2D eigenvalue weighted by molar-refractivity contribution is -0.132. The van der Waals surface area contributed by atoms with E-state index in [-0.39, 0.29) is 16.8 Å². The van der Waals surface area contributed by atoms with Gasteiger partial charge in [-0.1, -0.05) is 48.0 Å². The second-order valence-electron chi connectivity index (χ2n) is 7.07. The molecule has 0 atom stereocenters. The Kier molecular flexibility index (Phi) is 6.29. The van der Waals surface area contributed by atoms with Gasteiger partial charge in [0, 0.05) is 25.6 Å². The van der Waals surface area contributed by atoms with Crippen LogP contribution in [0.5, 0.6) is 0 Å². The summed E-state index contributed by atoms with van der Waals surface area (Å²) >= 11 is 0. The predicted octanol–water partition coefficient (Wildman–Crippen LogP) is 2.90. The maximum Gasteiger partial charge on any atom is 0.240 e. The Balaban J connectivity index is 1.47. The molecule has 0 aromatic heterocycles. The fourth-order valence-corrected chi connectivity index (χ4v) is 4.62. The summed E-state index contributed by atoms with van der Waals surface area (Å²) in [4.78, 5) is 14.6. The van der Waals surface area contributed by atoms with E-state index in [4.69, 9.17) is 0 Å². The third-order valence-corrected chi connectivity index (χ3v) is 6.51. The minimum absolute atomic E-state index is 0.128. The normalized spacial score (nSPS) is 15.7. The lowest BCUT2D eigenvalue weighted by Crippen LogP contribution is -2.46. The number of likely N-dealkylation sites (tertiary alicyclic amines) is 1. The van der Waals surface area contributed by atoms with E-state index in [9.17, 15) is 13.2 Å². The van der Waals surface area contributed by atoms with E-state index in [1.54, 1.807) is 30.3 Å². The van der Waals surface area contributed by atoms with Gasteiger partial charge in [0.1, 0.15) is 0 Å². The van der Waals surface area contributed by atoms with Gasteiger partial charge in [-0.25, -0.2) is 13.1 Å². The molecule has 0 radical (unpaired) electrons. The summed E-state index contributed by atoms with van der Waals surface area (Å²) in [5.41, 5.74) is 2.38. The molecule has 0 aliphatic carbocycles. The van der Waals surface area contributed by atoms with Gasteiger partial charge < -0.3 is 4.90 Å². The fraction of sp³-hybridized carbons (Fsp3) is 0.381. The molecule has 5 nitrogen and oxygen atoms in total. The molecule has 2 aromatic carbocycles. The van der Waals surface area contributed by atoms with Crippen molar-refractivity contribution in [1.82, 2.24) is 9.62 Å². The van der Waals surface area contributed by atoms with E-state index in [0.29, 0.717) is 32.4 Å². The zero-order chi connectivity index (χ0) is 19.3. The third-order valence-electron chi connectivity index (χ3n) is 4.97. The summed E-state index contributed by atoms with van der Waals surface area (Å²) in [6, 6.07) is 16.5. The molecule has 3 rings (SSSR count). The molecule has 1 amide bonds. The molecule has 1 fully saturated rings. The number of amides is 1. The van der Waals surface area contributed by atoms with Crippen LogP contribution in [-0.4, -0.2) is 38.4 Å². The molecular formula is C21H26N2O3S. The Bertz CT molecular complexity index is 856. The molecule has 1 heterocycles. The van der Waals surface area contributed by atoms with Crippen LogP contribution in [0.4, 0.5) is 0 Å². The van der Waals surface area contributed by atoms with Gasteiger partial charge in [0.25, 0.3) is 0 Å². The number of carbonyl (C=O) groups is 1. The van der Waals surface area contributed by atoms with Crippen LogP contribution in [0.3, 0.4) is 0 Å². The first-order valence-electron chi connectivity index (χ1n) is 9.35. The van der Waals surface area contributed by atoms with Crippen molar-refractivity contribution < 1.29 is 13.2 Å². The molecule has 1 aliphatic rings. The topological polar surface area (TPSA) is 66.5 Å². The smallest absolute Gasteiger partial charge is 0.240 e. The highest BCUT2D eigenvalue weighted by Crippen LogP contribution is 2.16. The predicted molar refractivity (Wildman–Crippen MR) is 106 cm³/mol. The number of carbonyl (C=O) groups excluding carboxylic acids is 1. The van der Waals surface area contributed by atoms with Gasteiger partial charge in [0.2, 0.25) is 15.9 Å². The first-order valence-corrected chi connectivity index (χ1v) is 10.8. The highest BCUT2D eigenvalue weighted by molar-refractivity contribution is 7.89. The average molecular weight is 387 g/mol. The Hall–Kier alpha value is -2.18. The number of rotatable bonds is 6. The van der Waals surface area contributed by atoms with Gasteiger partial charge in [-0.2, -0.15) is 0 Å². The monoisotopic (exact) mass is 386 g/mol. The van der Waals surface area contributed by atoms with Gasteiger partial charge in [-0.05, 0) is 43.9 Å². The summed E-state index contributed by atoms with van der Waals surface area (Å²) in [7, 11) is -3.50. The van der Waals surface area contributed by atoms with Crippen molar-refractivity contribution in [3.8, 4) is 0 Å². The fourth-order valence-electron chi connectivity index (χ4n) is 3.30. The zero-order valence-electron chi connectivity index (χ0n) is 15.6. The largest absolute Gasteiger partial charge is 0.343 e. The molecule has 27 heavy (non-hydrogen) atoms. The van der Waals surface area contributed by atoms with Crippen LogP contribution in [-0.2, 0) is 21.2 Å². The van der Waals surface area contributed by atoms with Crippen molar-refractivity contribution in [2.45, 2.75) is 43.5 Å². The Morgan fingerprint density at radius 2 is 1.67 bits per heavy atom. The van der Waals surface area contributed by atoms with Crippen molar-refractivity contribution in [3.05, 3.63) is 65.7 Å². The number of hydrogen-bond acceptors (Lipinski definition) is 3. The van der Waals surface area contributed by atoms with Crippen LogP contribution in [0, 0.1) is 6.92 Å². The standard InChI is InChI=1S/C21H26N2O3S/c1-17-7-9-18(10-8-17)11-12-21(24)23-15-13-19(14-16-23)22-27(25,26)20-5-3-2-4-6-20/h2-10,19,22H,11-16H2,1H3. The van der Waals surface area contributed by atoms with Crippen molar-refractivity contribution in [2.24, 2.45) is 0 Å². The SMILES string of the molecule is Cc1ccc(CCC(=O)N2CCC(NS(=O)(=O)c3ccccc3)CC2)cc1.